The number of carbonyl (C=O) groups is 1. The topological polar surface area (TPSA) is 107 Å². The summed E-state index contributed by atoms with van der Waals surface area (Å²) in [5, 5.41) is 10.9. The summed E-state index contributed by atoms with van der Waals surface area (Å²) in [4.78, 5) is 21.6. The minimum Gasteiger partial charge on any atom is -0.465 e. The third kappa shape index (κ3) is 4.33. The van der Waals surface area contributed by atoms with E-state index in [2.05, 4.69) is 0 Å². The molecular formula is C16H15FN2O6S. The lowest BCUT2D eigenvalue weighted by molar-refractivity contribution is -0.385. The lowest BCUT2D eigenvalue weighted by Crippen LogP contribution is -2.36. The number of halogens is 1. The van der Waals surface area contributed by atoms with E-state index in [4.69, 9.17) is 4.74 Å². The van der Waals surface area contributed by atoms with Crippen LogP contribution in [0.4, 0.5) is 15.8 Å². The zero-order valence-electron chi connectivity index (χ0n) is 13.7. The molecular weight excluding hydrogens is 367 g/mol. The van der Waals surface area contributed by atoms with Gasteiger partial charge in [-0.15, -0.1) is 0 Å². The minimum absolute atomic E-state index is 0.0194. The van der Waals surface area contributed by atoms with Crippen LogP contribution >= 0.6 is 0 Å². The van der Waals surface area contributed by atoms with Crippen LogP contribution in [0.15, 0.2) is 53.4 Å². The van der Waals surface area contributed by atoms with Crippen molar-refractivity contribution in [2.24, 2.45) is 0 Å². The molecule has 138 valence electrons. The first-order chi connectivity index (χ1) is 12.3. The molecule has 0 atom stereocenters. The number of benzene rings is 2. The van der Waals surface area contributed by atoms with E-state index in [9.17, 15) is 27.7 Å². The fourth-order valence-electron chi connectivity index (χ4n) is 2.13. The molecule has 0 aliphatic heterocycles. The number of hydrogen-bond donors (Lipinski definition) is 0. The Balaban J connectivity index is 2.51. The number of ether oxygens (including phenoxy) is 1. The van der Waals surface area contributed by atoms with Crippen molar-refractivity contribution in [3.8, 4) is 0 Å². The highest BCUT2D eigenvalue weighted by molar-refractivity contribution is 7.92. The second-order valence-corrected chi connectivity index (χ2v) is 6.91. The van der Waals surface area contributed by atoms with Gasteiger partial charge in [-0.1, -0.05) is 6.07 Å². The van der Waals surface area contributed by atoms with Crippen LogP contribution < -0.4 is 4.31 Å². The van der Waals surface area contributed by atoms with Crippen molar-refractivity contribution >= 4 is 27.4 Å². The molecule has 0 fully saturated rings. The molecule has 2 aromatic rings. The molecule has 0 bridgehead atoms. The van der Waals surface area contributed by atoms with Gasteiger partial charge in [0.05, 0.1) is 22.1 Å². The highest BCUT2D eigenvalue weighted by atomic mass is 32.2. The molecule has 0 spiro atoms. The third-order valence-electron chi connectivity index (χ3n) is 3.31. The van der Waals surface area contributed by atoms with Gasteiger partial charge in [0.15, 0.2) is 0 Å². The van der Waals surface area contributed by atoms with Crippen molar-refractivity contribution in [1.82, 2.24) is 0 Å². The normalized spacial score (nSPS) is 11.0. The lowest BCUT2D eigenvalue weighted by atomic mass is 10.3. The van der Waals surface area contributed by atoms with Gasteiger partial charge in [-0.25, -0.2) is 12.8 Å². The van der Waals surface area contributed by atoms with Crippen LogP contribution in [0.5, 0.6) is 0 Å². The van der Waals surface area contributed by atoms with E-state index in [-0.39, 0.29) is 17.2 Å². The first kappa shape index (κ1) is 19.3. The van der Waals surface area contributed by atoms with Gasteiger partial charge in [-0.3, -0.25) is 19.2 Å². The maximum absolute atomic E-state index is 13.2. The summed E-state index contributed by atoms with van der Waals surface area (Å²) in [6, 6.07) is 8.87. The first-order valence-electron chi connectivity index (χ1n) is 7.44. The summed E-state index contributed by atoms with van der Waals surface area (Å²) in [6.07, 6.45) is 0. The molecule has 0 radical (unpaired) electrons. The standard InChI is InChI=1S/C16H15FN2O6S/c1-2-25-16(20)11-18(13-8-6-12(17)7-9-13)26(23,24)15-5-3-4-14(10-15)19(21)22/h3-10H,2,11H2,1H3. The number of hydrogen-bond acceptors (Lipinski definition) is 6. The number of nitrogens with zero attached hydrogens (tertiary/aromatic N) is 2. The Kier molecular flexibility index (Phi) is 5.88. The molecule has 0 aliphatic carbocycles. The van der Waals surface area contributed by atoms with Crippen molar-refractivity contribution in [2.45, 2.75) is 11.8 Å². The van der Waals surface area contributed by atoms with Crippen LogP contribution in [0.2, 0.25) is 0 Å². The second-order valence-electron chi connectivity index (χ2n) is 5.05. The number of rotatable bonds is 7. The van der Waals surface area contributed by atoms with Crippen LogP contribution in [-0.2, 0) is 19.6 Å². The highest BCUT2D eigenvalue weighted by Crippen LogP contribution is 2.26. The number of sulfonamides is 1. The Hall–Kier alpha value is -3.01. The van der Waals surface area contributed by atoms with Crippen molar-refractivity contribution in [2.75, 3.05) is 17.5 Å². The molecule has 0 unspecified atom stereocenters. The van der Waals surface area contributed by atoms with Gasteiger partial charge >= 0.3 is 5.97 Å². The Bertz CT molecular complexity index is 915. The molecule has 0 saturated heterocycles. The number of non-ortho nitro benzene ring substituents is 1. The van der Waals surface area contributed by atoms with Crippen molar-refractivity contribution in [3.05, 3.63) is 64.5 Å². The maximum atomic E-state index is 13.2. The fraction of sp³-hybridized carbons (Fsp3) is 0.188. The van der Waals surface area contributed by atoms with Crippen molar-refractivity contribution in [3.63, 3.8) is 0 Å². The Morgan fingerprint density at radius 1 is 1.23 bits per heavy atom. The summed E-state index contributed by atoms with van der Waals surface area (Å²) in [5.41, 5.74) is -0.396. The van der Waals surface area contributed by atoms with E-state index >= 15 is 0 Å². The van der Waals surface area contributed by atoms with Crippen molar-refractivity contribution < 1.29 is 27.3 Å². The van der Waals surface area contributed by atoms with Crippen LogP contribution in [0, 0.1) is 15.9 Å². The van der Waals surface area contributed by atoms with E-state index in [1.807, 2.05) is 0 Å². The van der Waals surface area contributed by atoms with Gasteiger partial charge in [-0.05, 0) is 37.3 Å². The molecule has 0 amide bonds. The molecule has 26 heavy (non-hydrogen) atoms. The monoisotopic (exact) mass is 382 g/mol. The number of esters is 1. The molecule has 2 aromatic carbocycles. The number of anilines is 1. The van der Waals surface area contributed by atoms with E-state index in [0.29, 0.717) is 4.31 Å². The van der Waals surface area contributed by atoms with E-state index in [1.54, 1.807) is 6.92 Å². The number of carbonyl (C=O) groups excluding carboxylic acids is 1. The Labute approximate surface area is 149 Å². The summed E-state index contributed by atoms with van der Waals surface area (Å²) in [6.45, 7) is 0.951. The Morgan fingerprint density at radius 3 is 2.46 bits per heavy atom. The van der Waals surface area contributed by atoms with Gasteiger partial charge in [0, 0.05) is 12.1 Å². The molecule has 0 heterocycles. The van der Waals surface area contributed by atoms with E-state index < -0.39 is 39.0 Å². The molecule has 8 nitrogen and oxygen atoms in total. The SMILES string of the molecule is CCOC(=O)CN(c1ccc(F)cc1)S(=O)(=O)c1cccc([N+](=O)[O-])c1. The zero-order chi connectivity index (χ0) is 19.3. The molecule has 10 heteroatoms. The first-order valence-corrected chi connectivity index (χ1v) is 8.88. The van der Waals surface area contributed by atoms with Crippen LogP contribution in [0.3, 0.4) is 0 Å². The average Bonchev–Trinajstić information content (AvgIpc) is 2.61. The summed E-state index contributed by atoms with van der Waals surface area (Å²) in [5.74, 6) is -1.40. The van der Waals surface area contributed by atoms with Crippen LogP contribution in [-0.4, -0.2) is 32.5 Å². The summed E-state index contributed by atoms with van der Waals surface area (Å²) < 4.78 is 44.5. The smallest absolute Gasteiger partial charge is 0.326 e. The number of nitro benzene ring substituents is 1. The summed E-state index contributed by atoms with van der Waals surface area (Å²) >= 11 is 0. The predicted molar refractivity (Wildman–Crippen MR) is 90.7 cm³/mol. The summed E-state index contributed by atoms with van der Waals surface area (Å²) in [7, 11) is -4.33. The molecule has 2 rings (SSSR count). The van der Waals surface area contributed by atoms with Gasteiger partial charge in [0.1, 0.15) is 12.4 Å². The van der Waals surface area contributed by atoms with E-state index in [0.717, 1.165) is 24.3 Å². The number of nitro groups is 1. The minimum atomic E-state index is -4.33. The lowest BCUT2D eigenvalue weighted by Gasteiger charge is -2.23. The second kappa shape index (κ2) is 7.91. The van der Waals surface area contributed by atoms with Crippen LogP contribution in [0.1, 0.15) is 6.92 Å². The third-order valence-corrected chi connectivity index (χ3v) is 5.08. The predicted octanol–water partition coefficient (Wildman–Crippen LogP) is 2.49. The molecule has 0 aliphatic rings. The quantitative estimate of drug-likeness (QED) is 0.414. The van der Waals surface area contributed by atoms with Gasteiger partial charge in [0.25, 0.3) is 15.7 Å². The molecule has 0 saturated carbocycles. The van der Waals surface area contributed by atoms with Crippen molar-refractivity contribution in [1.29, 1.82) is 0 Å². The molecule has 0 aromatic heterocycles. The average molecular weight is 382 g/mol. The molecule has 0 N–H and O–H groups in total. The highest BCUT2D eigenvalue weighted by Gasteiger charge is 2.29. The van der Waals surface area contributed by atoms with Gasteiger partial charge in [-0.2, -0.15) is 0 Å². The van der Waals surface area contributed by atoms with Crippen LogP contribution in [0.25, 0.3) is 0 Å². The Morgan fingerprint density at radius 2 is 1.88 bits per heavy atom. The largest absolute Gasteiger partial charge is 0.465 e. The van der Waals surface area contributed by atoms with Gasteiger partial charge < -0.3 is 4.74 Å². The maximum Gasteiger partial charge on any atom is 0.326 e. The zero-order valence-corrected chi connectivity index (χ0v) is 14.5. The van der Waals surface area contributed by atoms with Gasteiger partial charge in [0.2, 0.25) is 0 Å². The fourth-order valence-corrected chi connectivity index (χ4v) is 3.58. The van der Waals surface area contributed by atoms with E-state index in [1.165, 1.54) is 24.3 Å².